The molecule has 1 aliphatic heterocycles. The molecule has 6 nitrogen and oxygen atoms in total. The lowest BCUT2D eigenvalue weighted by Gasteiger charge is -2.38. The standard InChI is InChI=1S/C25H33Cl2N3O3/c1-15(2)12-21-25(28,17-6-8-18(26)9-7-17)22(16-4-3-5-19(27)13-16)23(30-21)24(33)29-11-10-20(32)14-31/h3-9,13,15,20-23,30-32H,10-12,14,28H2,1-2H3,(H,29,33)/t20-,21-,22-,23+,25+/m0/s1. The number of aliphatic hydroxyl groups is 2. The van der Waals surface area contributed by atoms with Crippen LogP contribution >= 0.6 is 23.2 Å². The van der Waals surface area contributed by atoms with E-state index in [0.717, 1.165) is 17.5 Å². The summed E-state index contributed by atoms with van der Waals surface area (Å²) in [6.45, 7) is 4.15. The highest BCUT2D eigenvalue weighted by molar-refractivity contribution is 6.30. The second kappa shape index (κ2) is 11.2. The monoisotopic (exact) mass is 493 g/mol. The molecule has 180 valence electrons. The molecule has 0 bridgehead atoms. The summed E-state index contributed by atoms with van der Waals surface area (Å²) in [5, 5.41) is 26.3. The first-order chi connectivity index (χ1) is 15.7. The largest absolute Gasteiger partial charge is 0.394 e. The van der Waals surface area contributed by atoms with Crippen LogP contribution in [0, 0.1) is 5.92 Å². The van der Waals surface area contributed by atoms with Crippen LogP contribution in [0.15, 0.2) is 48.5 Å². The number of hydrogen-bond acceptors (Lipinski definition) is 5. The molecule has 0 spiro atoms. The van der Waals surface area contributed by atoms with Crippen LogP contribution < -0.4 is 16.4 Å². The molecule has 2 aromatic carbocycles. The van der Waals surface area contributed by atoms with Gasteiger partial charge in [-0.05, 0) is 54.2 Å². The van der Waals surface area contributed by atoms with Crippen molar-refractivity contribution in [2.24, 2.45) is 11.7 Å². The average Bonchev–Trinajstić information content (AvgIpc) is 3.06. The van der Waals surface area contributed by atoms with E-state index in [0.29, 0.717) is 16.0 Å². The van der Waals surface area contributed by atoms with E-state index in [1.54, 1.807) is 6.07 Å². The Bertz CT molecular complexity index is 941. The zero-order chi connectivity index (χ0) is 24.2. The lowest BCUT2D eigenvalue weighted by Crippen LogP contribution is -2.51. The Morgan fingerprint density at radius 3 is 2.48 bits per heavy atom. The Morgan fingerprint density at radius 1 is 1.18 bits per heavy atom. The summed E-state index contributed by atoms with van der Waals surface area (Å²) in [5.41, 5.74) is 8.14. The van der Waals surface area contributed by atoms with Gasteiger partial charge in [-0.1, -0.05) is 61.3 Å². The van der Waals surface area contributed by atoms with E-state index >= 15 is 0 Å². The van der Waals surface area contributed by atoms with Crippen LogP contribution in [-0.4, -0.2) is 47.5 Å². The third-order valence-electron chi connectivity index (χ3n) is 6.33. The molecule has 5 atom stereocenters. The van der Waals surface area contributed by atoms with Crippen molar-refractivity contribution in [2.75, 3.05) is 13.2 Å². The van der Waals surface area contributed by atoms with Crippen molar-refractivity contribution in [1.29, 1.82) is 0 Å². The van der Waals surface area contributed by atoms with Crippen LogP contribution in [0.5, 0.6) is 0 Å². The number of carbonyl (C=O) groups excluding carboxylic acids is 1. The Balaban J connectivity index is 2.04. The van der Waals surface area contributed by atoms with Gasteiger partial charge >= 0.3 is 0 Å². The highest BCUT2D eigenvalue weighted by atomic mass is 35.5. The van der Waals surface area contributed by atoms with E-state index < -0.39 is 23.6 Å². The zero-order valence-corrected chi connectivity index (χ0v) is 20.5. The molecule has 1 heterocycles. The molecule has 1 fully saturated rings. The number of halogens is 2. The molecule has 1 amide bonds. The minimum absolute atomic E-state index is 0.179. The predicted octanol–water partition coefficient (Wildman–Crippen LogP) is 3.18. The molecular weight excluding hydrogens is 461 g/mol. The molecule has 0 aromatic heterocycles. The molecule has 2 aromatic rings. The van der Waals surface area contributed by atoms with Crippen LogP contribution in [0.2, 0.25) is 10.0 Å². The van der Waals surface area contributed by atoms with Crippen LogP contribution in [0.3, 0.4) is 0 Å². The van der Waals surface area contributed by atoms with Crippen molar-refractivity contribution in [3.05, 3.63) is 69.7 Å². The van der Waals surface area contributed by atoms with E-state index in [-0.39, 0.29) is 31.5 Å². The molecule has 0 saturated carbocycles. The number of rotatable bonds is 9. The van der Waals surface area contributed by atoms with Gasteiger partial charge in [-0.2, -0.15) is 0 Å². The first-order valence-corrected chi connectivity index (χ1v) is 12.1. The fourth-order valence-electron chi connectivity index (χ4n) is 4.76. The second-order valence-corrected chi connectivity index (χ2v) is 10.1. The van der Waals surface area contributed by atoms with Crippen molar-refractivity contribution in [3.8, 4) is 0 Å². The summed E-state index contributed by atoms with van der Waals surface area (Å²) >= 11 is 12.5. The maximum absolute atomic E-state index is 13.4. The Kier molecular flexibility index (Phi) is 8.78. The Morgan fingerprint density at radius 2 is 1.88 bits per heavy atom. The van der Waals surface area contributed by atoms with Crippen molar-refractivity contribution in [3.63, 3.8) is 0 Å². The Hall–Kier alpha value is -1.67. The van der Waals surface area contributed by atoms with Crippen LogP contribution in [-0.2, 0) is 10.3 Å². The van der Waals surface area contributed by atoms with Gasteiger partial charge in [-0.3, -0.25) is 4.79 Å². The molecular formula is C25H33Cl2N3O3. The van der Waals surface area contributed by atoms with Crippen molar-refractivity contribution in [1.82, 2.24) is 10.6 Å². The highest BCUT2D eigenvalue weighted by Crippen LogP contribution is 2.47. The van der Waals surface area contributed by atoms with Gasteiger partial charge < -0.3 is 26.6 Å². The third-order valence-corrected chi connectivity index (χ3v) is 6.82. The number of carbonyl (C=O) groups is 1. The van der Waals surface area contributed by atoms with E-state index in [9.17, 15) is 9.90 Å². The number of nitrogens with two attached hydrogens (primary N) is 1. The second-order valence-electron chi connectivity index (χ2n) is 9.22. The summed E-state index contributed by atoms with van der Waals surface area (Å²) in [6.07, 6.45) is 0.155. The van der Waals surface area contributed by atoms with Gasteiger partial charge in [-0.15, -0.1) is 0 Å². The first-order valence-electron chi connectivity index (χ1n) is 11.3. The highest BCUT2D eigenvalue weighted by Gasteiger charge is 2.56. The summed E-state index contributed by atoms with van der Waals surface area (Å²) in [4.78, 5) is 13.4. The quantitative estimate of drug-likeness (QED) is 0.368. The van der Waals surface area contributed by atoms with E-state index in [4.69, 9.17) is 34.0 Å². The molecule has 0 aliphatic carbocycles. The van der Waals surface area contributed by atoms with Crippen molar-refractivity contribution >= 4 is 29.1 Å². The number of amides is 1. The topological polar surface area (TPSA) is 108 Å². The fourth-order valence-corrected chi connectivity index (χ4v) is 5.08. The number of aliphatic hydroxyl groups excluding tert-OH is 2. The summed E-state index contributed by atoms with van der Waals surface area (Å²) in [7, 11) is 0. The molecule has 1 saturated heterocycles. The minimum Gasteiger partial charge on any atom is -0.394 e. The van der Waals surface area contributed by atoms with Crippen LogP contribution in [0.1, 0.15) is 43.7 Å². The van der Waals surface area contributed by atoms with Gasteiger partial charge in [0.05, 0.1) is 24.3 Å². The SMILES string of the molecule is CC(C)C[C@@H]1N[C@@H](C(=O)NCC[C@H](O)CO)[C@H](c2cccc(Cl)c2)[C@@]1(N)c1ccc(Cl)cc1. The molecule has 0 radical (unpaired) electrons. The van der Waals surface area contributed by atoms with Gasteiger partial charge in [0.15, 0.2) is 0 Å². The maximum Gasteiger partial charge on any atom is 0.237 e. The maximum atomic E-state index is 13.4. The number of nitrogens with one attached hydrogen (secondary N) is 2. The fraction of sp³-hybridized carbons (Fsp3) is 0.480. The summed E-state index contributed by atoms with van der Waals surface area (Å²) < 4.78 is 0. The van der Waals surface area contributed by atoms with E-state index in [2.05, 4.69) is 24.5 Å². The Labute approximate surface area is 205 Å². The smallest absolute Gasteiger partial charge is 0.237 e. The number of benzene rings is 2. The van der Waals surface area contributed by atoms with Gasteiger partial charge in [0.25, 0.3) is 0 Å². The normalized spacial score (nSPS) is 25.9. The van der Waals surface area contributed by atoms with Gasteiger partial charge in [-0.25, -0.2) is 0 Å². The summed E-state index contributed by atoms with van der Waals surface area (Å²) in [5.74, 6) is -0.261. The van der Waals surface area contributed by atoms with E-state index in [1.807, 2.05) is 42.5 Å². The summed E-state index contributed by atoms with van der Waals surface area (Å²) in [6, 6.07) is 14.2. The molecule has 0 unspecified atom stereocenters. The van der Waals surface area contributed by atoms with Crippen LogP contribution in [0.4, 0.5) is 0 Å². The minimum atomic E-state index is -0.897. The predicted molar refractivity (Wildman–Crippen MR) is 132 cm³/mol. The van der Waals surface area contributed by atoms with Gasteiger partial charge in [0.2, 0.25) is 5.91 Å². The average molecular weight is 494 g/mol. The van der Waals surface area contributed by atoms with Gasteiger partial charge in [0.1, 0.15) is 0 Å². The van der Waals surface area contributed by atoms with Gasteiger partial charge in [0, 0.05) is 28.5 Å². The van der Waals surface area contributed by atoms with Crippen LogP contribution in [0.25, 0.3) is 0 Å². The van der Waals surface area contributed by atoms with Crippen molar-refractivity contribution < 1.29 is 15.0 Å². The molecule has 6 N–H and O–H groups in total. The van der Waals surface area contributed by atoms with E-state index in [1.165, 1.54) is 0 Å². The lowest BCUT2D eigenvalue weighted by molar-refractivity contribution is -0.123. The zero-order valence-electron chi connectivity index (χ0n) is 19.0. The first kappa shape index (κ1) is 25.9. The molecule has 8 heteroatoms. The number of hydrogen-bond donors (Lipinski definition) is 5. The molecule has 3 rings (SSSR count). The lowest BCUT2D eigenvalue weighted by atomic mass is 9.70. The molecule has 33 heavy (non-hydrogen) atoms. The van der Waals surface area contributed by atoms with Crippen molar-refractivity contribution in [2.45, 2.75) is 56.3 Å². The molecule has 1 aliphatic rings. The third kappa shape index (κ3) is 5.88.